The van der Waals surface area contributed by atoms with Gasteiger partial charge in [-0.15, -0.1) is 0 Å². The molecule has 3 aromatic rings. The number of nitrogens with zero attached hydrogens (tertiary/aromatic N) is 4. The van der Waals surface area contributed by atoms with Gasteiger partial charge in [0.15, 0.2) is 0 Å². The number of carbonyl (C=O) groups excluding carboxylic acids is 1. The van der Waals surface area contributed by atoms with Crippen LogP contribution in [0.25, 0.3) is 5.69 Å². The van der Waals surface area contributed by atoms with Gasteiger partial charge >= 0.3 is 0 Å². The van der Waals surface area contributed by atoms with Gasteiger partial charge in [0.1, 0.15) is 11.5 Å². The highest BCUT2D eigenvalue weighted by atomic mass is 35.5. The number of hydrogen-bond acceptors (Lipinski definition) is 4. The molecule has 1 aliphatic heterocycles. The van der Waals surface area contributed by atoms with Crippen molar-refractivity contribution in [2.45, 2.75) is 26.2 Å². The van der Waals surface area contributed by atoms with Crippen molar-refractivity contribution >= 4 is 46.4 Å². The monoisotopic (exact) mass is 533 g/mol. The maximum atomic E-state index is 12.8. The van der Waals surface area contributed by atoms with Gasteiger partial charge < -0.3 is 14.8 Å². The Morgan fingerprint density at radius 3 is 2.49 bits per heavy atom. The van der Waals surface area contributed by atoms with E-state index in [0.717, 1.165) is 69.2 Å². The lowest BCUT2D eigenvalue weighted by molar-refractivity contribution is 0.0947. The SMILES string of the molecule is CCCc1nc(C(=O)NCCCN2CCN(c3cccc(Cl)c3Cl)CC2)cn1-c1ccc(Cl)cc1. The third kappa shape index (κ3) is 6.50. The first-order valence-electron chi connectivity index (χ1n) is 12.0. The van der Waals surface area contributed by atoms with Crippen LogP contribution in [0.3, 0.4) is 0 Å². The number of amides is 1. The third-order valence-corrected chi connectivity index (χ3v) is 7.23. The second-order valence-corrected chi connectivity index (χ2v) is 9.87. The molecule has 0 aliphatic carbocycles. The van der Waals surface area contributed by atoms with Crippen molar-refractivity contribution in [3.05, 3.63) is 75.2 Å². The largest absolute Gasteiger partial charge is 0.368 e. The first kappa shape index (κ1) is 25.8. The molecule has 0 unspecified atom stereocenters. The zero-order valence-corrected chi connectivity index (χ0v) is 22.1. The number of hydrogen-bond donors (Lipinski definition) is 1. The Balaban J connectivity index is 1.25. The zero-order chi connectivity index (χ0) is 24.8. The summed E-state index contributed by atoms with van der Waals surface area (Å²) in [5.74, 6) is 0.730. The van der Waals surface area contributed by atoms with Gasteiger partial charge in [0.2, 0.25) is 0 Å². The van der Waals surface area contributed by atoms with E-state index in [0.29, 0.717) is 27.3 Å². The maximum Gasteiger partial charge on any atom is 0.271 e. The Morgan fingerprint density at radius 2 is 1.77 bits per heavy atom. The predicted molar refractivity (Wildman–Crippen MR) is 145 cm³/mol. The lowest BCUT2D eigenvalue weighted by atomic mass is 10.2. The standard InChI is InChI=1S/C26H30Cl3N5O/c1-2-5-24-31-22(18-34(24)20-10-8-19(27)9-11-20)26(35)30-12-4-13-32-14-16-33(17-15-32)23-7-3-6-21(28)25(23)29/h3,6-11,18H,2,4-5,12-17H2,1H3,(H,30,35). The van der Waals surface area contributed by atoms with Crippen LogP contribution in [0.5, 0.6) is 0 Å². The summed E-state index contributed by atoms with van der Waals surface area (Å²) in [5.41, 5.74) is 2.38. The molecule has 0 saturated carbocycles. The smallest absolute Gasteiger partial charge is 0.271 e. The molecule has 0 radical (unpaired) electrons. The molecule has 0 atom stereocenters. The summed E-state index contributed by atoms with van der Waals surface area (Å²) in [4.78, 5) is 22.0. The molecule has 4 rings (SSSR count). The molecule has 9 heteroatoms. The van der Waals surface area contributed by atoms with Gasteiger partial charge in [-0.05, 0) is 55.8 Å². The topological polar surface area (TPSA) is 53.4 Å². The van der Waals surface area contributed by atoms with Crippen LogP contribution >= 0.6 is 34.8 Å². The number of halogens is 3. The summed E-state index contributed by atoms with van der Waals surface area (Å²) in [5, 5.41) is 4.91. The van der Waals surface area contributed by atoms with Crippen LogP contribution < -0.4 is 10.2 Å². The third-order valence-electron chi connectivity index (χ3n) is 6.17. The number of benzene rings is 2. The second-order valence-electron chi connectivity index (χ2n) is 8.65. The first-order valence-corrected chi connectivity index (χ1v) is 13.1. The van der Waals surface area contributed by atoms with Crippen LogP contribution in [0.2, 0.25) is 15.1 Å². The number of aromatic nitrogens is 2. The molecular weight excluding hydrogens is 505 g/mol. The minimum Gasteiger partial charge on any atom is -0.368 e. The van der Waals surface area contributed by atoms with Crippen molar-refractivity contribution in [1.82, 2.24) is 19.8 Å². The van der Waals surface area contributed by atoms with E-state index in [2.05, 4.69) is 27.0 Å². The Kier molecular flexibility index (Phi) is 8.95. The van der Waals surface area contributed by atoms with Crippen molar-refractivity contribution in [3.8, 4) is 5.69 Å². The Hall–Kier alpha value is -2.25. The van der Waals surface area contributed by atoms with Gasteiger partial charge in [-0.3, -0.25) is 9.69 Å². The number of anilines is 1. The molecule has 35 heavy (non-hydrogen) atoms. The summed E-state index contributed by atoms with van der Waals surface area (Å²) in [6.45, 7) is 7.33. The fourth-order valence-corrected chi connectivity index (χ4v) is 4.84. The van der Waals surface area contributed by atoms with E-state index in [1.807, 2.05) is 53.2 Å². The van der Waals surface area contributed by atoms with Gasteiger partial charge in [0.25, 0.3) is 5.91 Å². The highest BCUT2D eigenvalue weighted by Crippen LogP contribution is 2.32. The lowest BCUT2D eigenvalue weighted by Gasteiger charge is -2.36. The van der Waals surface area contributed by atoms with E-state index in [-0.39, 0.29) is 5.91 Å². The molecule has 0 spiro atoms. The van der Waals surface area contributed by atoms with E-state index in [1.54, 1.807) is 0 Å². The van der Waals surface area contributed by atoms with Gasteiger partial charge in [-0.25, -0.2) is 4.98 Å². The van der Waals surface area contributed by atoms with Gasteiger partial charge in [-0.2, -0.15) is 0 Å². The van der Waals surface area contributed by atoms with Crippen molar-refractivity contribution in [2.75, 3.05) is 44.2 Å². The number of aryl methyl sites for hydroxylation is 1. The van der Waals surface area contributed by atoms with Crippen LogP contribution in [0.15, 0.2) is 48.7 Å². The average Bonchev–Trinajstić information content (AvgIpc) is 3.29. The van der Waals surface area contributed by atoms with Crippen LogP contribution in [0.4, 0.5) is 5.69 Å². The van der Waals surface area contributed by atoms with E-state index in [1.165, 1.54) is 0 Å². The van der Waals surface area contributed by atoms with Crippen molar-refractivity contribution in [3.63, 3.8) is 0 Å². The molecule has 186 valence electrons. The minimum absolute atomic E-state index is 0.143. The molecule has 6 nitrogen and oxygen atoms in total. The number of rotatable bonds is 9. The lowest BCUT2D eigenvalue weighted by Crippen LogP contribution is -2.47. The molecule has 1 aliphatic rings. The summed E-state index contributed by atoms with van der Waals surface area (Å²) >= 11 is 18.6. The summed E-state index contributed by atoms with van der Waals surface area (Å²) in [6.07, 6.45) is 4.43. The van der Waals surface area contributed by atoms with Crippen LogP contribution in [-0.4, -0.2) is 59.6 Å². The Labute approximate surface area is 221 Å². The highest BCUT2D eigenvalue weighted by molar-refractivity contribution is 6.43. The summed E-state index contributed by atoms with van der Waals surface area (Å²) in [6, 6.07) is 13.3. The number of nitrogens with one attached hydrogen (secondary N) is 1. The van der Waals surface area contributed by atoms with Crippen molar-refractivity contribution in [1.29, 1.82) is 0 Å². The molecule has 1 N–H and O–H groups in total. The van der Waals surface area contributed by atoms with Gasteiger partial charge in [0.05, 0.1) is 15.7 Å². The molecule has 2 heterocycles. The molecule has 1 saturated heterocycles. The van der Waals surface area contributed by atoms with Crippen LogP contribution in [-0.2, 0) is 6.42 Å². The highest BCUT2D eigenvalue weighted by Gasteiger charge is 2.20. The molecule has 1 aromatic heterocycles. The van der Waals surface area contributed by atoms with Crippen molar-refractivity contribution in [2.24, 2.45) is 0 Å². The maximum absolute atomic E-state index is 12.8. The first-order chi connectivity index (χ1) is 17.0. The Bertz CT molecular complexity index is 1140. The summed E-state index contributed by atoms with van der Waals surface area (Å²) in [7, 11) is 0. The quantitative estimate of drug-likeness (QED) is 0.356. The summed E-state index contributed by atoms with van der Waals surface area (Å²) < 4.78 is 1.97. The van der Waals surface area contributed by atoms with E-state index >= 15 is 0 Å². The van der Waals surface area contributed by atoms with Crippen LogP contribution in [0.1, 0.15) is 36.1 Å². The molecule has 1 fully saturated rings. The second kappa shape index (κ2) is 12.1. The van der Waals surface area contributed by atoms with Crippen molar-refractivity contribution < 1.29 is 4.79 Å². The average molecular weight is 535 g/mol. The van der Waals surface area contributed by atoms with Gasteiger partial charge in [-0.1, -0.05) is 47.8 Å². The van der Waals surface area contributed by atoms with E-state index in [4.69, 9.17) is 34.8 Å². The molecular formula is C26H30Cl3N5O. The molecule has 1 amide bonds. The van der Waals surface area contributed by atoms with Gasteiger partial charge in [0, 0.05) is 56.1 Å². The minimum atomic E-state index is -0.143. The fourth-order valence-electron chi connectivity index (χ4n) is 4.30. The zero-order valence-electron chi connectivity index (χ0n) is 19.8. The number of carbonyl (C=O) groups is 1. The molecule has 2 aromatic carbocycles. The molecule has 0 bridgehead atoms. The van der Waals surface area contributed by atoms with Crippen LogP contribution in [0, 0.1) is 0 Å². The van der Waals surface area contributed by atoms with E-state index in [9.17, 15) is 4.79 Å². The number of piperazine rings is 1. The normalized spacial score (nSPS) is 14.3. The number of imidazole rings is 1. The Morgan fingerprint density at radius 1 is 1.03 bits per heavy atom. The fraction of sp³-hybridized carbons (Fsp3) is 0.385. The predicted octanol–water partition coefficient (Wildman–Crippen LogP) is 5.73. The van der Waals surface area contributed by atoms with E-state index < -0.39 is 0 Å².